The molecular weight excluding hydrogens is 178 g/mol. The molecule has 0 saturated carbocycles. The fraction of sp³-hybridized carbons (Fsp3) is 1.00. The molecule has 0 aromatic carbocycles. The summed E-state index contributed by atoms with van der Waals surface area (Å²) >= 11 is 1.80. The molecule has 0 aliphatic heterocycles. The predicted octanol–water partition coefficient (Wildman–Crippen LogP) is 0.835. The number of thioether (sulfide) groups is 1. The molecule has 0 heterocycles. The van der Waals surface area contributed by atoms with Gasteiger partial charge in [0.1, 0.15) is 0 Å². The Labute approximate surface area is 75.8 Å². The second-order valence-corrected chi connectivity index (χ2v) is 5.24. The molecule has 0 amide bonds. The van der Waals surface area contributed by atoms with Gasteiger partial charge in [0, 0.05) is 28.3 Å². The summed E-state index contributed by atoms with van der Waals surface area (Å²) in [5.74, 6) is 2.56. The van der Waals surface area contributed by atoms with Crippen LogP contribution in [-0.2, 0) is 10.8 Å². The van der Waals surface area contributed by atoms with E-state index in [1.54, 1.807) is 11.8 Å². The molecule has 2 nitrogen and oxygen atoms in total. The van der Waals surface area contributed by atoms with Gasteiger partial charge in [0.25, 0.3) is 0 Å². The van der Waals surface area contributed by atoms with Gasteiger partial charge >= 0.3 is 0 Å². The third-order valence-electron chi connectivity index (χ3n) is 1.17. The maximum absolute atomic E-state index is 11.2. The highest BCUT2D eigenvalue weighted by Crippen LogP contribution is 1.97. The molecule has 11 heavy (non-hydrogen) atoms. The van der Waals surface area contributed by atoms with E-state index < -0.39 is 10.8 Å². The molecule has 0 rings (SSSR count). The summed E-state index contributed by atoms with van der Waals surface area (Å²) in [5.41, 5.74) is 5.50. The third kappa shape index (κ3) is 8.37. The van der Waals surface area contributed by atoms with Gasteiger partial charge in [-0.1, -0.05) is 0 Å². The molecule has 0 radical (unpaired) electrons. The highest BCUT2D eigenvalue weighted by atomic mass is 32.2. The van der Waals surface area contributed by atoms with Crippen molar-refractivity contribution in [3.05, 3.63) is 0 Å². The smallest absolute Gasteiger partial charge is 0.0383 e. The van der Waals surface area contributed by atoms with Crippen LogP contribution in [0.25, 0.3) is 0 Å². The van der Waals surface area contributed by atoms with Gasteiger partial charge in [-0.05, 0) is 25.4 Å². The van der Waals surface area contributed by atoms with Gasteiger partial charge in [-0.2, -0.15) is 11.8 Å². The first-order valence-electron chi connectivity index (χ1n) is 3.76. The first-order chi connectivity index (χ1) is 5.16. The maximum Gasteiger partial charge on any atom is 0.0383 e. The van der Waals surface area contributed by atoms with Gasteiger partial charge < -0.3 is 5.73 Å². The van der Waals surface area contributed by atoms with Crippen molar-refractivity contribution in [1.82, 2.24) is 0 Å². The van der Waals surface area contributed by atoms with Crippen LogP contribution >= 0.6 is 11.8 Å². The lowest BCUT2D eigenvalue weighted by Gasteiger charge is -2.03. The second-order valence-electron chi connectivity index (χ2n) is 2.63. The summed E-state index contributed by atoms with van der Waals surface area (Å²) < 4.78 is 11.2. The Kier molecular flexibility index (Phi) is 7.43. The van der Waals surface area contributed by atoms with Crippen molar-refractivity contribution in [3.63, 3.8) is 0 Å². The van der Waals surface area contributed by atoms with Crippen LogP contribution in [0.1, 0.15) is 13.3 Å². The van der Waals surface area contributed by atoms with Crippen molar-refractivity contribution in [1.29, 1.82) is 0 Å². The first kappa shape index (κ1) is 11.5. The molecule has 68 valence electrons. The van der Waals surface area contributed by atoms with Crippen LogP contribution < -0.4 is 5.73 Å². The van der Waals surface area contributed by atoms with E-state index in [0.717, 1.165) is 17.9 Å². The van der Waals surface area contributed by atoms with E-state index in [9.17, 15) is 4.21 Å². The summed E-state index contributed by atoms with van der Waals surface area (Å²) in [6.07, 6.45) is 3.11. The van der Waals surface area contributed by atoms with Crippen LogP contribution in [0.15, 0.2) is 0 Å². The molecule has 2 unspecified atom stereocenters. The molecule has 0 aromatic heterocycles. The van der Waals surface area contributed by atoms with E-state index in [-0.39, 0.29) is 6.04 Å². The van der Waals surface area contributed by atoms with Crippen LogP contribution in [0.2, 0.25) is 0 Å². The van der Waals surface area contributed by atoms with Gasteiger partial charge in [0.2, 0.25) is 0 Å². The first-order valence-corrected chi connectivity index (χ1v) is 6.64. The minimum Gasteiger partial charge on any atom is -0.327 e. The SMILES string of the molecule is CSCCCS(=O)CC(C)N. The standard InChI is InChI=1S/C7H17NOS2/c1-7(8)6-11(9)5-3-4-10-2/h7H,3-6,8H2,1-2H3. The minimum absolute atomic E-state index is 0.0742. The summed E-state index contributed by atoms with van der Waals surface area (Å²) in [4.78, 5) is 0. The lowest BCUT2D eigenvalue weighted by molar-refractivity contribution is 0.675. The Morgan fingerprint density at radius 3 is 2.73 bits per heavy atom. The second kappa shape index (κ2) is 7.13. The molecule has 0 fully saturated rings. The van der Waals surface area contributed by atoms with E-state index in [1.807, 2.05) is 6.92 Å². The van der Waals surface area contributed by atoms with Crippen LogP contribution in [0.4, 0.5) is 0 Å². The van der Waals surface area contributed by atoms with E-state index in [2.05, 4.69) is 6.26 Å². The monoisotopic (exact) mass is 195 g/mol. The molecule has 0 aliphatic carbocycles. The van der Waals surface area contributed by atoms with Gasteiger partial charge in [-0.25, -0.2) is 0 Å². The molecule has 2 atom stereocenters. The van der Waals surface area contributed by atoms with Gasteiger partial charge in [-0.3, -0.25) is 4.21 Å². The average molecular weight is 195 g/mol. The lowest BCUT2D eigenvalue weighted by atomic mass is 10.4. The Balaban J connectivity index is 3.23. The molecule has 4 heteroatoms. The number of hydrogen-bond donors (Lipinski definition) is 1. The zero-order valence-electron chi connectivity index (χ0n) is 7.21. The van der Waals surface area contributed by atoms with Crippen molar-refractivity contribution >= 4 is 22.6 Å². The van der Waals surface area contributed by atoms with Crippen LogP contribution in [0, 0.1) is 0 Å². The Morgan fingerprint density at radius 2 is 2.27 bits per heavy atom. The van der Waals surface area contributed by atoms with E-state index >= 15 is 0 Å². The molecule has 0 spiro atoms. The fourth-order valence-corrected chi connectivity index (χ4v) is 2.58. The van der Waals surface area contributed by atoms with Gasteiger partial charge in [0.15, 0.2) is 0 Å². The molecule has 2 N–H and O–H groups in total. The average Bonchev–Trinajstić information content (AvgIpc) is 1.86. The number of hydrogen-bond acceptors (Lipinski definition) is 3. The van der Waals surface area contributed by atoms with Crippen LogP contribution in [-0.4, -0.2) is 33.8 Å². The largest absolute Gasteiger partial charge is 0.327 e. The van der Waals surface area contributed by atoms with E-state index in [4.69, 9.17) is 5.73 Å². The number of rotatable bonds is 6. The van der Waals surface area contributed by atoms with Gasteiger partial charge in [-0.15, -0.1) is 0 Å². The van der Waals surface area contributed by atoms with Crippen molar-refractivity contribution < 1.29 is 4.21 Å². The highest BCUT2D eigenvalue weighted by molar-refractivity contribution is 7.98. The summed E-state index contributed by atoms with van der Waals surface area (Å²) in [6.45, 7) is 1.90. The minimum atomic E-state index is -0.690. The Bertz CT molecular complexity index is 117. The summed E-state index contributed by atoms with van der Waals surface area (Å²) in [5, 5.41) is 0. The van der Waals surface area contributed by atoms with Crippen molar-refractivity contribution in [2.45, 2.75) is 19.4 Å². The third-order valence-corrected chi connectivity index (χ3v) is 3.51. The molecule has 0 bridgehead atoms. The Hall–Kier alpha value is 0.460. The topological polar surface area (TPSA) is 43.1 Å². The van der Waals surface area contributed by atoms with E-state index in [1.165, 1.54) is 0 Å². The molecule has 0 aliphatic rings. The molecular formula is C7H17NOS2. The molecule has 0 aromatic rings. The Morgan fingerprint density at radius 1 is 1.64 bits per heavy atom. The normalized spacial score (nSPS) is 16.3. The highest BCUT2D eigenvalue weighted by Gasteiger charge is 2.01. The molecule has 0 saturated heterocycles. The summed E-state index contributed by atoms with van der Waals surface area (Å²) in [7, 11) is -0.690. The van der Waals surface area contributed by atoms with Gasteiger partial charge in [0.05, 0.1) is 0 Å². The van der Waals surface area contributed by atoms with Crippen LogP contribution in [0.3, 0.4) is 0 Å². The van der Waals surface area contributed by atoms with Crippen molar-refractivity contribution in [2.75, 3.05) is 23.5 Å². The van der Waals surface area contributed by atoms with Crippen LogP contribution in [0.5, 0.6) is 0 Å². The zero-order chi connectivity index (χ0) is 8.69. The zero-order valence-corrected chi connectivity index (χ0v) is 8.84. The van der Waals surface area contributed by atoms with Crippen molar-refractivity contribution in [2.24, 2.45) is 5.73 Å². The van der Waals surface area contributed by atoms with E-state index in [0.29, 0.717) is 5.75 Å². The predicted molar refractivity (Wildman–Crippen MR) is 54.5 cm³/mol. The number of nitrogens with two attached hydrogens (primary N) is 1. The lowest BCUT2D eigenvalue weighted by Crippen LogP contribution is -2.24. The quantitative estimate of drug-likeness (QED) is 0.639. The maximum atomic E-state index is 11.2. The van der Waals surface area contributed by atoms with Crippen molar-refractivity contribution in [3.8, 4) is 0 Å². The summed E-state index contributed by atoms with van der Waals surface area (Å²) in [6, 6.07) is 0.0742. The fourth-order valence-electron chi connectivity index (χ4n) is 0.741.